The molecule has 2 fully saturated rings. The van der Waals surface area contributed by atoms with Crippen LogP contribution in [-0.2, 0) is 21.2 Å². The highest BCUT2D eigenvalue weighted by Gasteiger charge is 2.38. The molecular weight excluding hydrogens is 470 g/mol. The van der Waals surface area contributed by atoms with Gasteiger partial charge in [0.2, 0.25) is 5.91 Å². The van der Waals surface area contributed by atoms with Gasteiger partial charge in [0.05, 0.1) is 23.2 Å². The predicted octanol–water partition coefficient (Wildman–Crippen LogP) is 3.78. The molecule has 0 N–H and O–H groups in total. The van der Waals surface area contributed by atoms with Crippen LogP contribution in [-0.4, -0.2) is 52.4 Å². The Bertz CT molecular complexity index is 1370. The Morgan fingerprint density at radius 2 is 1.85 bits per heavy atom. The fraction of sp³-hybridized carbons (Fsp3) is 0.480. The van der Waals surface area contributed by atoms with Crippen molar-refractivity contribution in [3.8, 4) is 10.4 Å². The number of rotatable bonds is 5. The van der Waals surface area contributed by atoms with Crippen LogP contribution in [0.3, 0.4) is 0 Å². The fourth-order valence-electron chi connectivity index (χ4n) is 5.42. The lowest BCUT2D eigenvalue weighted by molar-refractivity contribution is -0.137. The van der Waals surface area contributed by atoms with Crippen molar-refractivity contribution in [1.82, 2.24) is 14.5 Å². The number of hydrogen-bond acceptors (Lipinski definition) is 6. The third kappa shape index (κ3) is 4.43. The lowest BCUT2D eigenvalue weighted by Crippen LogP contribution is -2.50. The van der Waals surface area contributed by atoms with E-state index in [2.05, 4.69) is 4.98 Å². The minimum absolute atomic E-state index is 0.0193. The van der Waals surface area contributed by atoms with E-state index in [9.17, 15) is 18.0 Å². The van der Waals surface area contributed by atoms with Gasteiger partial charge >= 0.3 is 0 Å². The van der Waals surface area contributed by atoms with Crippen LogP contribution in [0.1, 0.15) is 44.1 Å². The average Bonchev–Trinajstić information content (AvgIpc) is 3.36. The zero-order valence-electron chi connectivity index (χ0n) is 19.3. The number of amides is 1. The van der Waals surface area contributed by atoms with Crippen LogP contribution >= 0.6 is 11.3 Å². The molecule has 3 heterocycles. The second-order valence-electron chi connectivity index (χ2n) is 9.43. The molecule has 5 rings (SSSR count). The summed E-state index contributed by atoms with van der Waals surface area (Å²) in [5.41, 5.74) is 1.68. The Morgan fingerprint density at radius 3 is 2.53 bits per heavy atom. The van der Waals surface area contributed by atoms with Crippen molar-refractivity contribution < 1.29 is 13.2 Å². The second-order valence-corrected chi connectivity index (χ2v) is 12.7. The number of nitrogens with zero attached hydrogens (tertiary/aromatic N) is 3. The third-order valence-corrected chi connectivity index (χ3v) is 10.1. The number of hydrogen-bond donors (Lipinski definition) is 0. The molecule has 1 aliphatic heterocycles. The van der Waals surface area contributed by atoms with Crippen LogP contribution in [0.25, 0.3) is 20.7 Å². The molecule has 1 atom stereocenters. The summed E-state index contributed by atoms with van der Waals surface area (Å²) < 4.78 is 25.7. The first-order valence-corrected chi connectivity index (χ1v) is 14.5. The minimum Gasteiger partial charge on any atom is -0.334 e. The molecule has 0 spiro atoms. The summed E-state index contributed by atoms with van der Waals surface area (Å²) in [6.07, 6.45) is 6.92. The molecule has 0 bridgehead atoms. The number of aromatic nitrogens is 2. The molecule has 1 aliphatic carbocycles. The normalized spacial score (nSPS) is 20.6. The molecule has 9 heteroatoms. The largest absolute Gasteiger partial charge is 0.334 e. The van der Waals surface area contributed by atoms with Crippen LogP contribution in [0.2, 0.25) is 0 Å². The molecule has 3 aromatic rings. The van der Waals surface area contributed by atoms with E-state index in [1.165, 1.54) is 22.2 Å². The Labute approximate surface area is 203 Å². The molecule has 180 valence electrons. The van der Waals surface area contributed by atoms with Crippen molar-refractivity contribution in [2.75, 3.05) is 11.5 Å². The first-order valence-electron chi connectivity index (χ1n) is 11.9. The fourth-order valence-corrected chi connectivity index (χ4v) is 8.28. The third-order valence-electron chi connectivity index (χ3n) is 7.12. The predicted molar refractivity (Wildman–Crippen MR) is 135 cm³/mol. The standard InChI is InChI=1S/C25H29N3O4S2/c1-17-22-24(33-23(17)18-8-4-2-5-9-18)26-16-27(25(22)30)14-21(29)28(19-10-6-3-7-11-19)20-12-13-34(31,32)15-20/h2,4-5,8-9,16,19-20H,3,6-7,10-15H2,1H3. The highest BCUT2D eigenvalue weighted by Crippen LogP contribution is 2.35. The van der Waals surface area contributed by atoms with Gasteiger partial charge in [-0.2, -0.15) is 0 Å². The topological polar surface area (TPSA) is 89.3 Å². The van der Waals surface area contributed by atoms with E-state index in [1.807, 2.05) is 37.3 Å². The van der Waals surface area contributed by atoms with Crippen LogP contribution in [0.4, 0.5) is 0 Å². The lowest BCUT2D eigenvalue weighted by atomic mass is 9.93. The number of sulfone groups is 1. The maximum atomic E-state index is 13.6. The number of fused-ring (bicyclic) bond motifs is 1. The van der Waals surface area contributed by atoms with Crippen molar-refractivity contribution >= 4 is 37.3 Å². The highest BCUT2D eigenvalue weighted by molar-refractivity contribution is 7.91. The van der Waals surface area contributed by atoms with Gasteiger partial charge in [-0.25, -0.2) is 13.4 Å². The molecule has 2 aliphatic rings. The van der Waals surface area contributed by atoms with Gasteiger partial charge in [0.15, 0.2) is 9.84 Å². The first-order chi connectivity index (χ1) is 16.3. The second kappa shape index (κ2) is 9.26. The lowest BCUT2D eigenvalue weighted by Gasteiger charge is -2.38. The summed E-state index contributed by atoms with van der Waals surface area (Å²) in [6.45, 7) is 1.80. The Balaban J connectivity index is 1.47. The summed E-state index contributed by atoms with van der Waals surface area (Å²) >= 11 is 1.48. The quantitative estimate of drug-likeness (QED) is 0.533. The number of thiophene rings is 1. The molecule has 1 aromatic carbocycles. The zero-order chi connectivity index (χ0) is 23.9. The molecule has 1 saturated carbocycles. The summed E-state index contributed by atoms with van der Waals surface area (Å²) in [5.74, 6) is -0.0443. The zero-order valence-corrected chi connectivity index (χ0v) is 20.9. The number of aryl methyl sites for hydroxylation is 1. The molecule has 1 amide bonds. The van der Waals surface area contributed by atoms with Gasteiger partial charge in [0.1, 0.15) is 11.4 Å². The molecule has 34 heavy (non-hydrogen) atoms. The Hall–Kier alpha value is -2.52. The van der Waals surface area contributed by atoms with Gasteiger partial charge in [-0.15, -0.1) is 11.3 Å². The first kappa shape index (κ1) is 23.2. The number of benzene rings is 1. The molecule has 2 aromatic heterocycles. The molecule has 0 radical (unpaired) electrons. The van der Waals surface area contributed by atoms with Crippen LogP contribution in [0, 0.1) is 6.92 Å². The number of carbonyl (C=O) groups is 1. The van der Waals surface area contributed by atoms with Gasteiger partial charge in [-0.05, 0) is 37.3 Å². The van der Waals surface area contributed by atoms with Crippen molar-refractivity contribution in [3.05, 3.63) is 52.6 Å². The number of carbonyl (C=O) groups excluding carboxylic acids is 1. The van der Waals surface area contributed by atoms with Crippen molar-refractivity contribution in [2.24, 2.45) is 0 Å². The van der Waals surface area contributed by atoms with Gasteiger partial charge in [0, 0.05) is 17.0 Å². The van der Waals surface area contributed by atoms with E-state index >= 15 is 0 Å². The van der Waals surface area contributed by atoms with Crippen molar-refractivity contribution in [3.63, 3.8) is 0 Å². The maximum absolute atomic E-state index is 13.6. The monoisotopic (exact) mass is 499 g/mol. The maximum Gasteiger partial charge on any atom is 0.262 e. The van der Waals surface area contributed by atoms with Crippen LogP contribution < -0.4 is 5.56 Å². The Kier molecular flexibility index (Phi) is 6.33. The van der Waals surface area contributed by atoms with Crippen LogP contribution in [0.15, 0.2) is 41.5 Å². The van der Waals surface area contributed by atoms with E-state index in [1.54, 1.807) is 4.90 Å². The van der Waals surface area contributed by atoms with Gasteiger partial charge in [-0.3, -0.25) is 14.2 Å². The van der Waals surface area contributed by atoms with Crippen molar-refractivity contribution in [2.45, 2.75) is 64.1 Å². The minimum atomic E-state index is -3.13. The van der Waals surface area contributed by atoms with E-state index in [4.69, 9.17) is 0 Å². The van der Waals surface area contributed by atoms with Gasteiger partial charge < -0.3 is 4.90 Å². The molecule has 1 unspecified atom stereocenters. The van der Waals surface area contributed by atoms with E-state index < -0.39 is 9.84 Å². The summed E-state index contributed by atoms with van der Waals surface area (Å²) in [7, 11) is -3.13. The van der Waals surface area contributed by atoms with Crippen LogP contribution in [0.5, 0.6) is 0 Å². The summed E-state index contributed by atoms with van der Waals surface area (Å²) in [4.78, 5) is 34.9. The summed E-state index contributed by atoms with van der Waals surface area (Å²) in [6, 6.07) is 9.64. The van der Waals surface area contributed by atoms with E-state index in [0.717, 1.165) is 48.1 Å². The van der Waals surface area contributed by atoms with Crippen molar-refractivity contribution in [1.29, 1.82) is 0 Å². The molecule has 7 nitrogen and oxygen atoms in total. The van der Waals surface area contributed by atoms with Gasteiger partial charge in [0.25, 0.3) is 5.56 Å². The molecular formula is C25H29N3O4S2. The highest BCUT2D eigenvalue weighted by atomic mass is 32.2. The summed E-state index contributed by atoms with van der Waals surface area (Å²) in [5, 5.41) is 0.548. The SMILES string of the molecule is Cc1c(-c2ccccc2)sc2ncn(CC(=O)N(C3CCCCC3)C3CCS(=O)(=O)C3)c(=O)c12. The van der Waals surface area contributed by atoms with E-state index in [-0.39, 0.29) is 41.6 Å². The Morgan fingerprint density at radius 1 is 1.12 bits per heavy atom. The molecule has 1 saturated heterocycles. The smallest absolute Gasteiger partial charge is 0.262 e. The van der Waals surface area contributed by atoms with E-state index in [0.29, 0.717) is 16.6 Å². The average molecular weight is 500 g/mol. The van der Waals surface area contributed by atoms with Gasteiger partial charge in [-0.1, -0.05) is 49.6 Å².